The van der Waals surface area contributed by atoms with E-state index in [0.29, 0.717) is 17.7 Å². The van der Waals surface area contributed by atoms with Crippen molar-refractivity contribution >= 4 is 5.78 Å². The van der Waals surface area contributed by atoms with Gasteiger partial charge in [0.15, 0.2) is 17.3 Å². The highest BCUT2D eigenvalue weighted by molar-refractivity contribution is 6.09. The minimum atomic E-state index is -0.480. The van der Waals surface area contributed by atoms with E-state index in [1.807, 2.05) is 6.07 Å². The molecule has 102 valence electrons. The Morgan fingerprint density at radius 2 is 1.95 bits per heavy atom. The zero-order valence-electron chi connectivity index (χ0n) is 11.0. The second-order valence-corrected chi connectivity index (χ2v) is 4.60. The van der Waals surface area contributed by atoms with Gasteiger partial charge in [0.25, 0.3) is 0 Å². The first-order valence-electron chi connectivity index (χ1n) is 6.33. The number of carbonyl (C=O) groups excluding carboxylic acids is 1. The molecule has 4 heteroatoms. The first-order valence-corrected chi connectivity index (χ1v) is 6.33. The van der Waals surface area contributed by atoms with Crippen LogP contribution in [0, 0.1) is 5.82 Å². The van der Waals surface area contributed by atoms with Crippen molar-refractivity contribution in [2.45, 2.75) is 6.42 Å². The molecule has 0 fully saturated rings. The van der Waals surface area contributed by atoms with Gasteiger partial charge in [0.2, 0.25) is 0 Å². The van der Waals surface area contributed by atoms with Gasteiger partial charge >= 0.3 is 0 Å². The summed E-state index contributed by atoms with van der Waals surface area (Å²) in [4.78, 5) is 12.4. The predicted molar refractivity (Wildman–Crippen MR) is 72.0 cm³/mol. The van der Waals surface area contributed by atoms with Gasteiger partial charge in [-0.05, 0) is 42.0 Å². The summed E-state index contributed by atoms with van der Waals surface area (Å²) in [6.45, 7) is 0.650. The third kappa shape index (κ3) is 2.13. The fourth-order valence-electron chi connectivity index (χ4n) is 2.30. The van der Waals surface area contributed by atoms with Crippen molar-refractivity contribution in [3.63, 3.8) is 0 Å². The molecular weight excluding hydrogens is 259 g/mol. The minimum absolute atomic E-state index is 0.0698. The number of ether oxygens (including phenoxy) is 2. The van der Waals surface area contributed by atoms with Crippen LogP contribution in [0.4, 0.5) is 4.39 Å². The van der Waals surface area contributed by atoms with Crippen LogP contribution in [0.5, 0.6) is 11.5 Å². The van der Waals surface area contributed by atoms with Crippen LogP contribution in [0.1, 0.15) is 21.5 Å². The third-order valence-corrected chi connectivity index (χ3v) is 3.36. The lowest BCUT2D eigenvalue weighted by molar-refractivity contribution is 0.103. The van der Waals surface area contributed by atoms with Crippen LogP contribution in [0.3, 0.4) is 0 Å². The molecule has 0 bridgehead atoms. The first kappa shape index (κ1) is 12.7. The van der Waals surface area contributed by atoms with Crippen LogP contribution in [-0.4, -0.2) is 19.5 Å². The monoisotopic (exact) mass is 272 g/mol. The van der Waals surface area contributed by atoms with Crippen molar-refractivity contribution in [2.24, 2.45) is 0 Å². The predicted octanol–water partition coefficient (Wildman–Crippen LogP) is 3.00. The van der Waals surface area contributed by atoms with E-state index in [0.717, 1.165) is 17.7 Å². The van der Waals surface area contributed by atoms with Gasteiger partial charge in [0, 0.05) is 17.5 Å². The summed E-state index contributed by atoms with van der Waals surface area (Å²) in [6, 6.07) is 9.48. The van der Waals surface area contributed by atoms with Crippen molar-refractivity contribution in [3.8, 4) is 11.5 Å². The Morgan fingerprint density at radius 1 is 1.20 bits per heavy atom. The molecule has 1 aliphatic rings. The molecule has 0 saturated carbocycles. The molecule has 0 aromatic heterocycles. The summed E-state index contributed by atoms with van der Waals surface area (Å²) < 4.78 is 23.7. The normalized spacial score (nSPS) is 12.7. The van der Waals surface area contributed by atoms with Crippen LogP contribution in [0.15, 0.2) is 36.4 Å². The maximum Gasteiger partial charge on any atom is 0.193 e. The van der Waals surface area contributed by atoms with Gasteiger partial charge in [0.1, 0.15) is 5.75 Å². The van der Waals surface area contributed by atoms with Gasteiger partial charge in [-0.15, -0.1) is 0 Å². The van der Waals surface area contributed by atoms with Gasteiger partial charge in [-0.3, -0.25) is 4.79 Å². The molecule has 3 nitrogen and oxygen atoms in total. The lowest BCUT2D eigenvalue weighted by Crippen LogP contribution is -2.03. The average molecular weight is 272 g/mol. The second-order valence-electron chi connectivity index (χ2n) is 4.60. The Balaban J connectivity index is 1.96. The van der Waals surface area contributed by atoms with Crippen LogP contribution in [0.25, 0.3) is 0 Å². The number of fused-ring (bicyclic) bond motifs is 1. The Bertz CT molecular complexity index is 666. The summed E-state index contributed by atoms with van der Waals surface area (Å²) in [7, 11) is 1.37. The maximum atomic E-state index is 13.4. The molecule has 0 saturated heterocycles. The molecule has 1 heterocycles. The topological polar surface area (TPSA) is 35.5 Å². The second kappa shape index (κ2) is 4.96. The smallest absolute Gasteiger partial charge is 0.193 e. The zero-order chi connectivity index (χ0) is 14.1. The molecule has 2 aromatic carbocycles. The molecule has 20 heavy (non-hydrogen) atoms. The lowest BCUT2D eigenvalue weighted by Gasteiger charge is -2.06. The van der Waals surface area contributed by atoms with E-state index in [4.69, 9.17) is 9.47 Å². The highest BCUT2D eigenvalue weighted by Gasteiger charge is 2.17. The molecule has 0 radical (unpaired) electrons. The SMILES string of the molecule is COc1cc(C(=O)c2ccc3c(c2)CCO3)ccc1F. The van der Waals surface area contributed by atoms with E-state index >= 15 is 0 Å². The fourth-order valence-corrected chi connectivity index (χ4v) is 2.30. The minimum Gasteiger partial charge on any atom is -0.494 e. The van der Waals surface area contributed by atoms with Crippen molar-refractivity contribution in [1.29, 1.82) is 0 Å². The first-order chi connectivity index (χ1) is 9.69. The van der Waals surface area contributed by atoms with Crippen molar-refractivity contribution in [2.75, 3.05) is 13.7 Å². The van der Waals surface area contributed by atoms with Gasteiger partial charge in [-0.25, -0.2) is 4.39 Å². The number of hydrogen-bond acceptors (Lipinski definition) is 3. The number of hydrogen-bond donors (Lipinski definition) is 0. The van der Waals surface area contributed by atoms with Gasteiger partial charge < -0.3 is 9.47 Å². The third-order valence-electron chi connectivity index (χ3n) is 3.36. The van der Waals surface area contributed by atoms with Crippen molar-refractivity contribution < 1.29 is 18.7 Å². The lowest BCUT2D eigenvalue weighted by atomic mass is 10.00. The summed E-state index contributed by atoms with van der Waals surface area (Å²) in [5, 5.41) is 0. The maximum absolute atomic E-state index is 13.4. The number of rotatable bonds is 3. The molecular formula is C16H13FO3. The molecule has 0 unspecified atom stereocenters. The average Bonchev–Trinajstić information content (AvgIpc) is 2.94. The van der Waals surface area contributed by atoms with Crippen molar-refractivity contribution in [1.82, 2.24) is 0 Å². The number of methoxy groups -OCH3 is 1. The van der Waals surface area contributed by atoms with Gasteiger partial charge in [-0.1, -0.05) is 0 Å². The van der Waals surface area contributed by atoms with E-state index in [2.05, 4.69) is 0 Å². The van der Waals surface area contributed by atoms with E-state index in [-0.39, 0.29) is 11.5 Å². The number of benzene rings is 2. The Kier molecular flexibility index (Phi) is 3.14. The Labute approximate surface area is 115 Å². The molecule has 0 spiro atoms. The number of ketones is 1. The van der Waals surface area contributed by atoms with E-state index in [1.165, 1.54) is 25.3 Å². The summed E-state index contributed by atoms with van der Waals surface area (Å²) >= 11 is 0. The van der Waals surface area contributed by atoms with E-state index in [1.54, 1.807) is 12.1 Å². The highest BCUT2D eigenvalue weighted by Crippen LogP contribution is 2.27. The summed E-state index contributed by atoms with van der Waals surface area (Å²) in [5.74, 6) is 0.267. The van der Waals surface area contributed by atoms with Gasteiger partial charge in [-0.2, -0.15) is 0 Å². The standard InChI is InChI=1S/C16H13FO3/c1-19-15-9-12(2-4-13(15)17)16(18)11-3-5-14-10(8-11)6-7-20-14/h2-5,8-9H,6-7H2,1H3. The van der Waals surface area contributed by atoms with Crippen LogP contribution < -0.4 is 9.47 Å². The molecule has 0 N–H and O–H groups in total. The van der Waals surface area contributed by atoms with Crippen LogP contribution >= 0.6 is 0 Å². The van der Waals surface area contributed by atoms with Crippen LogP contribution in [-0.2, 0) is 6.42 Å². The van der Waals surface area contributed by atoms with Crippen LogP contribution in [0.2, 0.25) is 0 Å². The quantitative estimate of drug-likeness (QED) is 0.806. The zero-order valence-corrected chi connectivity index (χ0v) is 11.0. The molecule has 1 aliphatic heterocycles. The molecule has 0 aliphatic carbocycles. The molecule has 3 rings (SSSR count). The number of halogens is 1. The Hall–Kier alpha value is -2.36. The molecule has 0 atom stereocenters. The number of carbonyl (C=O) groups is 1. The summed E-state index contributed by atoms with van der Waals surface area (Å²) in [5.41, 5.74) is 2.01. The molecule has 0 amide bonds. The summed E-state index contributed by atoms with van der Waals surface area (Å²) in [6.07, 6.45) is 0.809. The fraction of sp³-hybridized carbons (Fsp3) is 0.188. The molecule has 2 aromatic rings. The van der Waals surface area contributed by atoms with Crippen molar-refractivity contribution in [3.05, 3.63) is 58.9 Å². The van der Waals surface area contributed by atoms with Gasteiger partial charge in [0.05, 0.1) is 13.7 Å². The van der Waals surface area contributed by atoms with E-state index < -0.39 is 5.82 Å². The van der Waals surface area contributed by atoms with E-state index in [9.17, 15) is 9.18 Å². The largest absolute Gasteiger partial charge is 0.494 e. The Morgan fingerprint density at radius 3 is 2.75 bits per heavy atom. The highest BCUT2D eigenvalue weighted by atomic mass is 19.1.